The first-order chi connectivity index (χ1) is 8.33. The number of nitro groups is 1. The largest absolute Gasteiger partial charge is 0.394 e. The lowest BCUT2D eigenvalue weighted by Gasteiger charge is -2.25. The molecule has 0 radical (unpaired) electrons. The number of benzene rings is 1. The number of hydrogen-bond donors (Lipinski definition) is 2. The number of nitro benzene ring substituents is 1. The van der Waals surface area contributed by atoms with Crippen LogP contribution in [0.25, 0.3) is 0 Å². The first-order valence-corrected chi connectivity index (χ1v) is 5.57. The van der Waals surface area contributed by atoms with Gasteiger partial charge in [0.15, 0.2) is 5.79 Å². The third-order valence-corrected chi connectivity index (χ3v) is 2.29. The van der Waals surface area contributed by atoms with E-state index in [4.69, 9.17) is 4.74 Å². The molecule has 1 aromatic rings. The summed E-state index contributed by atoms with van der Waals surface area (Å²) in [6, 6.07) is 6.26. The quantitative estimate of drug-likeness (QED) is 0.453. The van der Waals surface area contributed by atoms with Gasteiger partial charge in [-0.15, -0.1) is 0 Å². The van der Waals surface area contributed by atoms with Gasteiger partial charge in [-0.1, -0.05) is 18.2 Å². The first kappa shape index (κ1) is 14.6. The van der Waals surface area contributed by atoms with Crippen LogP contribution in [0.1, 0.15) is 19.4 Å². The molecular formula is C12H17NO5. The van der Waals surface area contributed by atoms with Crippen molar-refractivity contribution in [1.82, 2.24) is 0 Å². The van der Waals surface area contributed by atoms with E-state index in [1.165, 1.54) is 19.9 Å². The minimum Gasteiger partial charge on any atom is -0.394 e. The fourth-order valence-corrected chi connectivity index (χ4v) is 1.66. The van der Waals surface area contributed by atoms with E-state index in [1.54, 1.807) is 18.2 Å². The van der Waals surface area contributed by atoms with Gasteiger partial charge in [-0.3, -0.25) is 10.1 Å². The number of nitrogens with zero attached hydrogens (tertiary/aromatic N) is 1. The molecule has 6 heteroatoms. The number of hydrogen-bond acceptors (Lipinski definition) is 5. The lowest BCUT2D eigenvalue weighted by atomic mass is 10.1. The maximum atomic E-state index is 10.8. The minimum absolute atomic E-state index is 0.0182. The van der Waals surface area contributed by atoms with E-state index in [1.807, 2.05) is 0 Å². The minimum atomic E-state index is -1.39. The predicted molar refractivity (Wildman–Crippen MR) is 65.1 cm³/mol. The lowest BCUT2D eigenvalue weighted by molar-refractivity contribution is -0.385. The Bertz CT molecular complexity index is 413. The molecule has 0 saturated heterocycles. The van der Waals surface area contributed by atoms with Gasteiger partial charge in [0.2, 0.25) is 0 Å². The molecule has 0 bridgehead atoms. The van der Waals surface area contributed by atoms with Crippen molar-refractivity contribution in [2.24, 2.45) is 0 Å². The molecule has 0 amide bonds. The van der Waals surface area contributed by atoms with E-state index in [2.05, 4.69) is 0 Å². The van der Waals surface area contributed by atoms with Crippen LogP contribution in [-0.2, 0) is 11.2 Å². The SMILES string of the molecule is CC(C)(O)OC(CO)Cc1ccccc1[N+](=O)[O-]. The highest BCUT2D eigenvalue weighted by Gasteiger charge is 2.23. The van der Waals surface area contributed by atoms with Crippen LogP contribution in [0.5, 0.6) is 0 Å². The van der Waals surface area contributed by atoms with Gasteiger partial charge in [0.25, 0.3) is 5.69 Å². The smallest absolute Gasteiger partial charge is 0.272 e. The van der Waals surface area contributed by atoms with Crippen LogP contribution in [0, 0.1) is 10.1 Å². The molecule has 0 aromatic heterocycles. The number of aliphatic hydroxyl groups is 2. The van der Waals surface area contributed by atoms with Crippen molar-refractivity contribution in [2.75, 3.05) is 6.61 Å². The second-order valence-corrected chi connectivity index (χ2v) is 4.46. The summed E-state index contributed by atoms with van der Waals surface area (Å²) in [4.78, 5) is 10.4. The summed E-state index contributed by atoms with van der Waals surface area (Å²) in [7, 11) is 0. The summed E-state index contributed by atoms with van der Waals surface area (Å²) >= 11 is 0. The molecular weight excluding hydrogens is 238 g/mol. The third-order valence-electron chi connectivity index (χ3n) is 2.29. The first-order valence-electron chi connectivity index (χ1n) is 5.57. The molecule has 0 aliphatic rings. The lowest BCUT2D eigenvalue weighted by Crippen LogP contribution is -2.33. The van der Waals surface area contributed by atoms with Crippen molar-refractivity contribution in [3.63, 3.8) is 0 Å². The maximum Gasteiger partial charge on any atom is 0.272 e. The van der Waals surface area contributed by atoms with Crippen molar-refractivity contribution >= 4 is 5.69 Å². The normalized spacial score (nSPS) is 13.3. The van der Waals surface area contributed by atoms with E-state index in [-0.39, 0.29) is 18.7 Å². The van der Waals surface area contributed by atoms with Crippen molar-refractivity contribution in [3.8, 4) is 0 Å². The highest BCUT2D eigenvalue weighted by Crippen LogP contribution is 2.21. The fourth-order valence-electron chi connectivity index (χ4n) is 1.66. The van der Waals surface area contributed by atoms with Gasteiger partial charge < -0.3 is 14.9 Å². The summed E-state index contributed by atoms with van der Waals surface area (Å²) in [6.45, 7) is 2.56. The zero-order valence-electron chi connectivity index (χ0n) is 10.4. The second-order valence-electron chi connectivity index (χ2n) is 4.46. The van der Waals surface area contributed by atoms with E-state index < -0.39 is 16.8 Å². The van der Waals surface area contributed by atoms with Crippen LogP contribution in [-0.4, -0.2) is 33.6 Å². The van der Waals surface area contributed by atoms with Gasteiger partial charge in [-0.05, 0) is 13.8 Å². The topological polar surface area (TPSA) is 92.8 Å². The van der Waals surface area contributed by atoms with E-state index >= 15 is 0 Å². The molecule has 18 heavy (non-hydrogen) atoms. The van der Waals surface area contributed by atoms with Crippen LogP contribution in [0.2, 0.25) is 0 Å². The van der Waals surface area contributed by atoms with E-state index in [9.17, 15) is 20.3 Å². The molecule has 2 N–H and O–H groups in total. The van der Waals surface area contributed by atoms with Gasteiger partial charge in [-0.2, -0.15) is 0 Å². The monoisotopic (exact) mass is 255 g/mol. The average Bonchev–Trinajstić information content (AvgIpc) is 2.26. The second kappa shape index (κ2) is 5.90. The van der Waals surface area contributed by atoms with Crippen molar-refractivity contribution < 1.29 is 19.9 Å². The van der Waals surface area contributed by atoms with Crippen LogP contribution < -0.4 is 0 Å². The van der Waals surface area contributed by atoms with Gasteiger partial charge in [0.05, 0.1) is 17.6 Å². The van der Waals surface area contributed by atoms with Gasteiger partial charge in [-0.25, -0.2) is 0 Å². The zero-order chi connectivity index (χ0) is 13.8. The number of aliphatic hydroxyl groups excluding tert-OH is 1. The predicted octanol–water partition coefficient (Wildman–Crippen LogP) is 1.24. The Kier molecular flexibility index (Phi) is 4.77. The molecule has 1 aromatic carbocycles. The molecule has 0 spiro atoms. The van der Waals surface area contributed by atoms with E-state index in [0.29, 0.717) is 5.56 Å². The summed E-state index contributed by atoms with van der Waals surface area (Å²) in [5, 5.41) is 29.5. The van der Waals surface area contributed by atoms with Crippen LogP contribution in [0.4, 0.5) is 5.69 Å². The van der Waals surface area contributed by atoms with Crippen LogP contribution in [0.15, 0.2) is 24.3 Å². The standard InChI is InChI=1S/C12H17NO5/c1-12(2,15)18-10(8-14)7-9-5-3-4-6-11(9)13(16)17/h3-6,10,14-15H,7-8H2,1-2H3. The van der Waals surface area contributed by atoms with Crippen molar-refractivity contribution in [1.29, 1.82) is 0 Å². The average molecular weight is 255 g/mol. The molecule has 1 unspecified atom stereocenters. The number of ether oxygens (including phenoxy) is 1. The molecule has 1 atom stereocenters. The fraction of sp³-hybridized carbons (Fsp3) is 0.500. The number of para-hydroxylation sites is 1. The summed E-state index contributed by atoms with van der Waals surface area (Å²) in [5.74, 6) is -1.39. The molecule has 0 fully saturated rings. The van der Waals surface area contributed by atoms with E-state index in [0.717, 1.165) is 0 Å². The summed E-state index contributed by atoms with van der Waals surface area (Å²) in [5.41, 5.74) is 0.445. The maximum absolute atomic E-state index is 10.8. The highest BCUT2D eigenvalue weighted by molar-refractivity contribution is 5.40. The Morgan fingerprint density at radius 3 is 2.56 bits per heavy atom. The highest BCUT2D eigenvalue weighted by atomic mass is 16.6. The van der Waals surface area contributed by atoms with Crippen LogP contribution >= 0.6 is 0 Å². The number of rotatable bonds is 6. The van der Waals surface area contributed by atoms with Gasteiger partial charge in [0.1, 0.15) is 0 Å². The Hall–Kier alpha value is -1.50. The molecule has 100 valence electrons. The van der Waals surface area contributed by atoms with Gasteiger partial charge >= 0.3 is 0 Å². The summed E-state index contributed by atoms with van der Waals surface area (Å²) < 4.78 is 5.21. The third kappa shape index (κ3) is 4.40. The molecule has 1 rings (SSSR count). The van der Waals surface area contributed by atoms with Gasteiger partial charge in [0, 0.05) is 18.1 Å². The molecule has 0 saturated carbocycles. The molecule has 0 aliphatic heterocycles. The molecule has 0 heterocycles. The zero-order valence-corrected chi connectivity index (χ0v) is 10.4. The van der Waals surface area contributed by atoms with Crippen molar-refractivity contribution in [2.45, 2.75) is 32.2 Å². The molecule has 6 nitrogen and oxygen atoms in total. The van der Waals surface area contributed by atoms with Crippen molar-refractivity contribution in [3.05, 3.63) is 39.9 Å². The van der Waals surface area contributed by atoms with Crippen LogP contribution in [0.3, 0.4) is 0 Å². The molecule has 0 aliphatic carbocycles. The Morgan fingerprint density at radius 2 is 2.06 bits per heavy atom. The Morgan fingerprint density at radius 1 is 1.44 bits per heavy atom. The Labute approximate surface area is 105 Å². The summed E-state index contributed by atoms with van der Waals surface area (Å²) in [6.07, 6.45) is -0.524. The Balaban J connectivity index is 2.85.